The van der Waals surface area contributed by atoms with Gasteiger partial charge in [0.25, 0.3) is 0 Å². The summed E-state index contributed by atoms with van der Waals surface area (Å²) < 4.78 is 0. The Labute approximate surface area is 77.1 Å². The van der Waals surface area contributed by atoms with Crippen LogP contribution in [0, 0.1) is 0 Å². The summed E-state index contributed by atoms with van der Waals surface area (Å²) in [5.74, 6) is 0.171. The molecule has 13 heavy (non-hydrogen) atoms. The van der Waals surface area contributed by atoms with Crippen LogP contribution < -0.4 is 0 Å². The lowest BCUT2D eigenvalue weighted by atomic mass is 10.0. The number of carbonyl (C=O) groups is 1. The summed E-state index contributed by atoms with van der Waals surface area (Å²) in [6.07, 6.45) is 7.17. The van der Waals surface area contributed by atoms with Gasteiger partial charge in [0, 0.05) is 5.56 Å². The Morgan fingerprint density at radius 3 is 2.62 bits per heavy atom. The van der Waals surface area contributed by atoms with Crippen LogP contribution in [0.2, 0.25) is 0 Å². The van der Waals surface area contributed by atoms with Crippen molar-refractivity contribution in [2.75, 3.05) is 0 Å². The van der Waals surface area contributed by atoms with Gasteiger partial charge in [-0.25, -0.2) is 0 Å². The van der Waals surface area contributed by atoms with E-state index in [1.807, 2.05) is 6.08 Å². The highest BCUT2D eigenvalue weighted by Gasteiger charge is 2.19. The summed E-state index contributed by atoms with van der Waals surface area (Å²) in [7, 11) is 0. The average Bonchev–Trinajstić information content (AvgIpc) is 2.70. The molecule has 2 aliphatic carbocycles. The van der Waals surface area contributed by atoms with Gasteiger partial charge in [0.15, 0.2) is 5.78 Å². The molecule has 0 saturated heterocycles. The molecular weight excluding hydrogens is 160 g/mol. The summed E-state index contributed by atoms with van der Waals surface area (Å²) in [6.45, 7) is 0. The average molecular weight is 170 g/mol. The number of aryl methyl sites for hydroxylation is 2. The summed E-state index contributed by atoms with van der Waals surface area (Å²) in [4.78, 5) is 11.4. The zero-order valence-electron chi connectivity index (χ0n) is 7.34. The number of ketones is 1. The number of allylic oxidation sites excluding steroid dienone is 1. The topological polar surface area (TPSA) is 17.1 Å². The van der Waals surface area contributed by atoms with Gasteiger partial charge >= 0.3 is 0 Å². The molecule has 1 aromatic rings. The van der Waals surface area contributed by atoms with E-state index in [4.69, 9.17) is 0 Å². The van der Waals surface area contributed by atoms with Crippen LogP contribution in [-0.2, 0) is 12.8 Å². The maximum Gasteiger partial charge on any atom is 0.186 e. The third kappa shape index (κ3) is 0.902. The Kier molecular flexibility index (Phi) is 1.26. The molecule has 0 amide bonds. The van der Waals surface area contributed by atoms with E-state index in [9.17, 15) is 4.79 Å². The first-order valence-corrected chi connectivity index (χ1v) is 4.73. The number of benzene rings is 1. The number of hydrogen-bond donors (Lipinski definition) is 0. The van der Waals surface area contributed by atoms with Crippen molar-refractivity contribution in [3.05, 3.63) is 40.5 Å². The molecule has 1 heteroatoms. The smallest absolute Gasteiger partial charge is 0.186 e. The van der Waals surface area contributed by atoms with Crippen LogP contribution in [0.5, 0.6) is 0 Å². The minimum Gasteiger partial charge on any atom is -0.289 e. The second kappa shape index (κ2) is 2.32. The highest BCUT2D eigenvalue weighted by Crippen LogP contribution is 2.29. The van der Waals surface area contributed by atoms with E-state index in [1.54, 1.807) is 6.08 Å². The first kappa shape index (κ1) is 7.07. The van der Waals surface area contributed by atoms with Gasteiger partial charge in [-0.1, -0.05) is 12.1 Å². The van der Waals surface area contributed by atoms with Crippen molar-refractivity contribution in [3.63, 3.8) is 0 Å². The Morgan fingerprint density at radius 1 is 1.00 bits per heavy atom. The van der Waals surface area contributed by atoms with E-state index in [0.717, 1.165) is 17.5 Å². The number of carbonyl (C=O) groups excluding carboxylic acids is 1. The van der Waals surface area contributed by atoms with Gasteiger partial charge in [0.05, 0.1) is 0 Å². The molecule has 0 N–H and O–H groups in total. The van der Waals surface area contributed by atoms with E-state index in [0.29, 0.717) is 0 Å². The Balaban J connectivity index is 2.26. The Hall–Kier alpha value is -1.37. The molecule has 1 aromatic carbocycles. The first-order chi connectivity index (χ1) is 6.34. The van der Waals surface area contributed by atoms with Crippen molar-refractivity contribution in [3.8, 4) is 0 Å². The molecule has 1 nitrogen and oxygen atoms in total. The monoisotopic (exact) mass is 170 g/mol. The van der Waals surface area contributed by atoms with Crippen molar-refractivity contribution >= 4 is 11.9 Å². The lowest BCUT2D eigenvalue weighted by molar-refractivity contribution is 0.105. The first-order valence-electron chi connectivity index (χ1n) is 4.73. The van der Waals surface area contributed by atoms with Gasteiger partial charge in [-0.2, -0.15) is 0 Å². The molecule has 64 valence electrons. The van der Waals surface area contributed by atoms with Crippen LogP contribution in [0.15, 0.2) is 18.2 Å². The SMILES string of the molecule is O=C1C=Cc2cc3c(cc21)CCC3. The normalized spacial score (nSPS) is 17.7. The van der Waals surface area contributed by atoms with Crippen molar-refractivity contribution in [2.45, 2.75) is 19.3 Å². The zero-order valence-corrected chi connectivity index (χ0v) is 7.34. The molecule has 0 atom stereocenters. The van der Waals surface area contributed by atoms with Crippen molar-refractivity contribution in [2.24, 2.45) is 0 Å². The maximum atomic E-state index is 11.4. The van der Waals surface area contributed by atoms with Gasteiger partial charge in [0.1, 0.15) is 0 Å². The molecule has 2 aliphatic rings. The molecule has 0 spiro atoms. The third-order valence-corrected chi connectivity index (χ3v) is 2.94. The second-order valence-corrected chi connectivity index (χ2v) is 3.76. The number of hydrogen-bond acceptors (Lipinski definition) is 1. The van der Waals surface area contributed by atoms with Crippen molar-refractivity contribution < 1.29 is 4.79 Å². The zero-order chi connectivity index (χ0) is 8.84. The summed E-state index contributed by atoms with van der Waals surface area (Å²) in [6, 6.07) is 4.26. The molecule has 0 fully saturated rings. The molecule has 0 aliphatic heterocycles. The van der Waals surface area contributed by atoms with Gasteiger partial charge in [-0.3, -0.25) is 4.79 Å². The van der Waals surface area contributed by atoms with Crippen LogP contribution in [0.1, 0.15) is 33.5 Å². The molecule has 0 aromatic heterocycles. The fourth-order valence-corrected chi connectivity index (χ4v) is 2.25. The lowest BCUT2D eigenvalue weighted by Gasteiger charge is -2.02. The third-order valence-electron chi connectivity index (χ3n) is 2.94. The Bertz CT molecular complexity index is 427. The lowest BCUT2D eigenvalue weighted by Crippen LogP contribution is -1.94. The standard InChI is InChI=1S/C12H10O/c13-12-5-4-10-6-8-2-1-3-9(8)7-11(10)12/h4-7H,1-3H2. The van der Waals surface area contributed by atoms with Gasteiger partial charge in [-0.15, -0.1) is 0 Å². The van der Waals surface area contributed by atoms with Gasteiger partial charge < -0.3 is 0 Å². The highest BCUT2D eigenvalue weighted by atomic mass is 16.1. The molecular formula is C12H10O. The van der Waals surface area contributed by atoms with Crippen LogP contribution >= 0.6 is 0 Å². The minimum atomic E-state index is 0.171. The second-order valence-electron chi connectivity index (χ2n) is 3.76. The molecule has 0 unspecified atom stereocenters. The largest absolute Gasteiger partial charge is 0.289 e. The summed E-state index contributed by atoms with van der Waals surface area (Å²) >= 11 is 0. The fraction of sp³-hybridized carbons (Fsp3) is 0.250. The van der Waals surface area contributed by atoms with E-state index >= 15 is 0 Å². The number of rotatable bonds is 0. The molecule has 0 saturated carbocycles. The van der Waals surface area contributed by atoms with Crippen LogP contribution in [-0.4, -0.2) is 5.78 Å². The molecule has 3 rings (SSSR count). The highest BCUT2D eigenvalue weighted by molar-refractivity contribution is 6.13. The van der Waals surface area contributed by atoms with Gasteiger partial charge in [0.2, 0.25) is 0 Å². The fourth-order valence-electron chi connectivity index (χ4n) is 2.25. The van der Waals surface area contributed by atoms with Gasteiger partial charge in [-0.05, 0) is 48.1 Å². The Morgan fingerprint density at radius 2 is 1.77 bits per heavy atom. The number of fused-ring (bicyclic) bond motifs is 2. The van der Waals surface area contributed by atoms with Crippen molar-refractivity contribution in [1.29, 1.82) is 0 Å². The predicted molar refractivity (Wildman–Crippen MR) is 51.8 cm³/mol. The van der Waals surface area contributed by atoms with E-state index in [1.165, 1.54) is 24.0 Å². The van der Waals surface area contributed by atoms with Crippen molar-refractivity contribution in [1.82, 2.24) is 0 Å². The quantitative estimate of drug-likeness (QED) is 0.584. The summed E-state index contributed by atoms with van der Waals surface area (Å²) in [5, 5.41) is 0. The van der Waals surface area contributed by atoms with E-state index in [2.05, 4.69) is 12.1 Å². The molecule has 0 heterocycles. The molecule has 0 radical (unpaired) electrons. The molecule has 0 bridgehead atoms. The summed E-state index contributed by atoms with van der Waals surface area (Å²) in [5.41, 5.74) is 4.85. The minimum absolute atomic E-state index is 0.171. The van der Waals surface area contributed by atoms with Crippen LogP contribution in [0.3, 0.4) is 0 Å². The van der Waals surface area contributed by atoms with Crippen LogP contribution in [0.25, 0.3) is 6.08 Å². The van der Waals surface area contributed by atoms with Crippen LogP contribution in [0.4, 0.5) is 0 Å². The van der Waals surface area contributed by atoms with E-state index in [-0.39, 0.29) is 5.78 Å². The predicted octanol–water partition coefficient (Wildman–Crippen LogP) is 2.38. The maximum absolute atomic E-state index is 11.4. The van der Waals surface area contributed by atoms with E-state index < -0.39 is 0 Å².